The maximum absolute atomic E-state index is 12.0. The number of unbranched alkanes of at least 4 members (excludes halogenated alkanes) is 2. The second kappa shape index (κ2) is 7.13. The highest BCUT2D eigenvalue weighted by molar-refractivity contribution is 5.76. The number of amides is 1. The summed E-state index contributed by atoms with van der Waals surface area (Å²) in [7, 11) is 0. The Kier molecular flexibility index (Phi) is 6.13. The van der Waals surface area contributed by atoms with Crippen LogP contribution in [0.4, 0.5) is 0 Å². The smallest absolute Gasteiger partial charge is 0.222 e. The van der Waals surface area contributed by atoms with Crippen LogP contribution in [0.5, 0.6) is 0 Å². The summed E-state index contributed by atoms with van der Waals surface area (Å²) in [5.41, 5.74) is 0.313. The fourth-order valence-corrected chi connectivity index (χ4v) is 2.73. The number of nitrogens with zero attached hydrogens (tertiary/aromatic N) is 1. The minimum absolute atomic E-state index is 0.264. The molecule has 1 unspecified atom stereocenters. The highest BCUT2D eigenvalue weighted by Crippen LogP contribution is 2.34. The molecule has 18 heavy (non-hydrogen) atoms. The van der Waals surface area contributed by atoms with Crippen LogP contribution in [0.3, 0.4) is 0 Å². The predicted octanol–water partition coefficient (Wildman–Crippen LogP) is 2.82. The molecule has 106 valence electrons. The fraction of sp³-hybridized carbons (Fsp3) is 0.933. The van der Waals surface area contributed by atoms with Crippen molar-refractivity contribution in [2.24, 2.45) is 11.3 Å². The Hall–Kier alpha value is -0.570. The lowest BCUT2D eigenvalue weighted by Crippen LogP contribution is -2.31. The van der Waals surface area contributed by atoms with Crippen molar-refractivity contribution in [1.82, 2.24) is 4.90 Å². The molecule has 1 aliphatic rings. The zero-order valence-electron chi connectivity index (χ0n) is 12.2. The Morgan fingerprint density at radius 3 is 2.56 bits per heavy atom. The largest absolute Gasteiger partial charge is 0.396 e. The molecule has 3 heteroatoms. The Labute approximate surface area is 112 Å². The average molecular weight is 255 g/mol. The monoisotopic (exact) mass is 255 g/mol. The molecule has 0 aromatic rings. The normalized spacial score (nSPS) is 22.1. The van der Waals surface area contributed by atoms with Gasteiger partial charge in [0.2, 0.25) is 5.91 Å². The van der Waals surface area contributed by atoms with Gasteiger partial charge in [-0.1, -0.05) is 20.8 Å². The molecule has 1 rings (SSSR count). The summed E-state index contributed by atoms with van der Waals surface area (Å²) in [6, 6.07) is 0. The molecule has 0 aromatic carbocycles. The molecule has 1 fully saturated rings. The SMILES string of the molecule is CC(C)(C)C1CCC(=O)N(CCCCCO)CC1. The first kappa shape index (κ1) is 15.5. The molecule has 1 aliphatic heterocycles. The number of rotatable bonds is 5. The van der Waals surface area contributed by atoms with E-state index in [-0.39, 0.29) is 6.61 Å². The first-order chi connectivity index (χ1) is 8.45. The Balaban J connectivity index is 2.39. The van der Waals surface area contributed by atoms with Crippen molar-refractivity contribution in [3.05, 3.63) is 0 Å². The zero-order chi connectivity index (χ0) is 13.6. The van der Waals surface area contributed by atoms with Crippen LogP contribution in [0.1, 0.15) is 59.3 Å². The van der Waals surface area contributed by atoms with E-state index in [0.29, 0.717) is 23.7 Å². The van der Waals surface area contributed by atoms with Crippen molar-refractivity contribution < 1.29 is 9.90 Å². The number of likely N-dealkylation sites (tertiary alicyclic amines) is 1. The van der Waals surface area contributed by atoms with Crippen molar-refractivity contribution >= 4 is 5.91 Å². The Morgan fingerprint density at radius 2 is 1.94 bits per heavy atom. The number of carbonyl (C=O) groups is 1. The van der Waals surface area contributed by atoms with Gasteiger partial charge in [-0.05, 0) is 43.4 Å². The summed E-state index contributed by atoms with van der Waals surface area (Å²) >= 11 is 0. The third-order valence-corrected chi connectivity index (χ3v) is 4.12. The van der Waals surface area contributed by atoms with E-state index in [2.05, 4.69) is 20.8 Å². The highest BCUT2D eigenvalue weighted by atomic mass is 16.2. The Morgan fingerprint density at radius 1 is 1.22 bits per heavy atom. The number of hydrogen-bond acceptors (Lipinski definition) is 2. The molecule has 1 atom stereocenters. The first-order valence-electron chi connectivity index (χ1n) is 7.34. The fourth-order valence-electron chi connectivity index (χ4n) is 2.73. The summed E-state index contributed by atoms with van der Waals surface area (Å²) in [5, 5.41) is 8.74. The standard InChI is InChI=1S/C15H29NO2/c1-15(2,3)13-7-8-14(18)16(11-9-13)10-5-4-6-12-17/h13,17H,4-12H2,1-3H3. The van der Waals surface area contributed by atoms with Gasteiger partial charge >= 0.3 is 0 Å². The van der Waals surface area contributed by atoms with Gasteiger partial charge in [0, 0.05) is 26.1 Å². The van der Waals surface area contributed by atoms with Gasteiger partial charge in [-0.3, -0.25) is 4.79 Å². The molecule has 0 radical (unpaired) electrons. The summed E-state index contributed by atoms with van der Waals surface area (Å²) < 4.78 is 0. The van der Waals surface area contributed by atoms with Crippen LogP contribution in [-0.4, -0.2) is 35.6 Å². The quantitative estimate of drug-likeness (QED) is 0.767. The van der Waals surface area contributed by atoms with Gasteiger partial charge in [-0.2, -0.15) is 0 Å². The molecule has 1 heterocycles. The molecule has 3 nitrogen and oxygen atoms in total. The number of carbonyl (C=O) groups excluding carboxylic acids is 1. The minimum Gasteiger partial charge on any atom is -0.396 e. The second-order valence-corrected chi connectivity index (χ2v) is 6.56. The van der Waals surface area contributed by atoms with Gasteiger partial charge in [-0.25, -0.2) is 0 Å². The summed E-state index contributed by atoms with van der Waals surface area (Å²) in [5.74, 6) is 0.981. The van der Waals surface area contributed by atoms with Crippen molar-refractivity contribution in [3.8, 4) is 0 Å². The van der Waals surface area contributed by atoms with E-state index >= 15 is 0 Å². The van der Waals surface area contributed by atoms with E-state index < -0.39 is 0 Å². The van der Waals surface area contributed by atoms with E-state index in [1.54, 1.807) is 0 Å². The number of aliphatic hydroxyl groups is 1. The van der Waals surface area contributed by atoms with Crippen molar-refractivity contribution in [1.29, 1.82) is 0 Å². The van der Waals surface area contributed by atoms with Crippen molar-refractivity contribution in [3.63, 3.8) is 0 Å². The lowest BCUT2D eigenvalue weighted by Gasteiger charge is -2.29. The van der Waals surface area contributed by atoms with E-state index in [9.17, 15) is 4.79 Å². The lowest BCUT2D eigenvalue weighted by molar-refractivity contribution is -0.130. The minimum atomic E-state index is 0.264. The molecule has 1 amide bonds. The van der Waals surface area contributed by atoms with Crippen LogP contribution in [0.15, 0.2) is 0 Å². The third-order valence-electron chi connectivity index (χ3n) is 4.12. The third kappa shape index (κ3) is 4.97. The zero-order valence-corrected chi connectivity index (χ0v) is 12.2. The molecule has 0 aliphatic carbocycles. The molecule has 0 spiro atoms. The number of aliphatic hydroxyl groups excluding tert-OH is 1. The van der Waals surface area contributed by atoms with Crippen LogP contribution >= 0.6 is 0 Å². The van der Waals surface area contributed by atoms with Crippen molar-refractivity contribution in [2.45, 2.75) is 59.3 Å². The Bertz CT molecular complexity index is 258. The summed E-state index contributed by atoms with van der Waals surface area (Å²) in [6.45, 7) is 8.88. The lowest BCUT2D eigenvalue weighted by atomic mass is 9.77. The van der Waals surface area contributed by atoms with Gasteiger partial charge in [0.1, 0.15) is 0 Å². The first-order valence-corrected chi connectivity index (χ1v) is 7.34. The average Bonchev–Trinajstić information content (AvgIpc) is 2.47. The summed E-state index contributed by atoms with van der Waals surface area (Å²) in [4.78, 5) is 14.1. The van der Waals surface area contributed by atoms with Gasteiger partial charge in [0.25, 0.3) is 0 Å². The number of hydrogen-bond donors (Lipinski definition) is 1. The van der Waals surface area contributed by atoms with Gasteiger partial charge in [-0.15, -0.1) is 0 Å². The molecule has 1 saturated heterocycles. The second-order valence-electron chi connectivity index (χ2n) is 6.56. The predicted molar refractivity (Wildman–Crippen MR) is 74.3 cm³/mol. The maximum atomic E-state index is 12.0. The highest BCUT2D eigenvalue weighted by Gasteiger charge is 2.29. The molecular weight excluding hydrogens is 226 g/mol. The van der Waals surface area contributed by atoms with Crippen LogP contribution in [-0.2, 0) is 4.79 Å². The summed E-state index contributed by atoms with van der Waals surface area (Å²) in [6.07, 6.45) is 5.77. The molecular formula is C15H29NO2. The van der Waals surface area contributed by atoms with Crippen LogP contribution < -0.4 is 0 Å². The molecule has 0 bridgehead atoms. The molecule has 0 aromatic heterocycles. The molecule has 1 N–H and O–H groups in total. The van der Waals surface area contributed by atoms with Crippen molar-refractivity contribution in [2.75, 3.05) is 19.7 Å². The van der Waals surface area contributed by atoms with Crippen LogP contribution in [0.25, 0.3) is 0 Å². The van der Waals surface area contributed by atoms with Gasteiger partial charge in [0.15, 0.2) is 0 Å². The van der Waals surface area contributed by atoms with E-state index in [1.165, 1.54) is 0 Å². The van der Waals surface area contributed by atoms with E-state index in [4.69, 9.17) is 5.11 Å². The molecule has 0 saturated carbocycles. The van der Waals surface area contributed by atoms with E-state index in [1.807, 2.05) is 4.90 Å². The van der Waals surface area contributed by atoms with E-state index in [0.717, 1.165) is 45.2 Å². The van der Waals surface area contributed by atoms with Crippen LogP contribution in [0.2, 0.25) is 0 Å². The van der Waals surface area contributed by atoms with Crippen LogP contribution in [0, 0.1) is 11.3 Å². The van der Waals surface area contributed by atoms with Gasteiger partial charge < -0.3 is 10.0 Å². The maximum Gasteiger partial charge on any atom is 0.222 e. The van der Waals surface area contributed by atoms with Gasteiger partial charge in [0.05, 0.1) is 0 Å². The topological polar surface area (TPSA) is 40.5 Å².